The van der Waals surface area contributed by atoms with Crippen LogP contribution in [0.2, 0.25) is 10.0 Å². The molecule has 184 valence electrons. The Morgan fingerprint density at radius 3 is 2.40 bits per heavy atom. The van der Waals surface area contributed by atoms with Gasteiger partial charge in [-0.3, -0.25) is 14.4 Å². The highest BCUT2D eigenvalue weighted by Gasteiger charge is 2.60. The molecule has 0 saturated heterocycles. The minimum atomic E-state index is -3.05. The van der Waals surface area contributed by atoms with Crippen LogP contribution in [0.4, 0.5) is 18.9 Å². The van der Waals surface area contributed by atoms with Gasteiger partial charge < -0.3 is 15.2 Å². The monoisotopic (exact) mass is 528 g/mol. The number of carbonyl (C=O) groups excluding carboxylic acids is 3. The van der Waals surface area contributed by atoms with Gasteiger partial charge in [-0.1, -0.05) is 23.2 Å². The molecule has 1 aliphatic carbocycles. The predicted octanol–water partition coefficient (Wildman–Crippen LogP) is 3.48. The smallest absolute Gasteiger partial charge is 0.293 e. The second-order valence-electron chi connectivity index (χ2n) is 8.19. The lowest BCUT2D eigenvalue weighted by Crippen LogP contribution is -2.61. The van der Waals surface area contributed by atoms with Gasteiger partial charge in [-0.25, -0.2) is 13.2 Å². The molecule has 3 aromatic rings. The van der Waals surface area contributed by atoms with Crippen molar-refractivity contribution in [1.82, 2.24) is 24.9 Å². The summed E-state index contributed by atoms with van der Waals surface area (Å²) in [5.41, 5.74) is -1.80. The molecule has 4 rings (SSSR count). The lowest BCUT2D eigenvalue weighted by Gasteiger charge is -2.46. The van der Waals surface area contributed by atoms with Gasteiger partial charge in [-0.2, -0.15) is 15.0 Å². The number of aromatic nitrogens is 4. The van der Waals surface area contributed by atoms with Gasteiger partial charge in [-0.15, -0.1) is 0 Å². The molecule has 0 atom stereocenters. The Morgan fingerprint density at radius 1 is 1.14 bits per heavy atom. The van der Waals surface area contributed by atoms with Crippen LogP contribution in [0.25, 0.3) is 0 Å². The van der Waals surface area contributed by atoms with E-state index in [1.807, 2.05) is 0 Å². The summed E-state index contributed by atoms with van der Waals surface area (Å²) < 4.78 is 42.1. The molecule has 2 N–H and O–H groups in total. The topological polar surface area (TPSA) is 111 Å². The highest BCUT2D eigenvalue weighted by molar-refractivity contribution is 6.48. The Labute approximate surface area is 206 Å². The average molecular weight is 529 g/mol. The molecule has 9 nitrogen and oxygen atoms in total. The van der Waals surface area contributed by atoms with Gasteiger partial charge in [0.15, 0.2) is 0 Å². The molecule has 1 fully saturated rings. The largest absolute Gasteiger partial charge is 0.345 e. The van der Waals surface area contributed by atoms with Crippen LogP contribution in [0.5, 0.6) is 0 Å². The van der Waals surface area contributed by atoms with Crippen LogP contribution < -0.4 is 10.6 Å². The molecule has 0 bridgehead atoms. The molecule has 0 aliphatic heterocycles. The number of alkyl halides is 2. The molecular formula is C21H17Cl2F3N6O3. The summed E-state index contributed by atoms with van der Waals surface area (Å²) in [4.78, 5) is 39.5. The SMILES string of the molecule is Cn1ncc(C2(NC(=O)C(=O)c3cn(C)c(C(=O)Nc4ccc(F)c(Cl)c4)c3Cl)CC(F)(F)C2)n1. The van der Waals surface area contributed by atoms with Gasteiger partial charge in [-0.05, 0) is 18.2 Å². The zero-order valence-electron chi connectivity index (χ0n) is 18.2. The number of amides is 2. The summed E-state index contributed by atoms with van der Waals surface area (Å²) in [6.07, 6.45) is 0.892. The van der Waals surface area contributed by atoms with E-state index in [0.29, 0.717) is 0 Å². The van der Waals surface area contributed by atoms with Gasteiger partial charge in [0.05, 0.1) is 27.3 Å². The Morgan fingerprint density at radius 2 is 1.83 bits per heavy atom. The number of ketones is 1. The molecule has 0 spiro atoms. The van der Waals surface area contributed by atoms with E-state index in [-0.39, 0.29) is 32.7 Å². The van der Waals surface area contributed by atoms with Gasteiger partial charge in [0.1, 0.15) is 17.2 Å². The number of hydrogen-bond donors (Lipinski definition) is 2. The zero-order valence-corrected chi connectivity index (χ0v) is 19.7. The summed E-state index contributed by atoms with van der Waals surface area (Å²) in [5, 5.41) is 12.1. The van der Waals surface area contributed by atoms with Crippen LogP contribution >= 0.6 is 23.2 Å². The molecule has 1 saturated carbocycles. The van der Waals surface area contributed by atoms with Crippen molar-refractivity contribution < 1.29 is 27.6 Å². The third kappa shape index (κ3) is 4.63. The molecule has 35 heavy (non-hydrogen) atoms. The lowest BCUT2D eigenvalue weighted by atomic mass is 9.71. The van der Waals surface area contributed by atoms with Gasteiger partial charge in [0.2, 0.25) is 0 Å². The summed E-state index contributed by atoms with van der Waals surface area (Å²) in [6, 6.07) is 3.52. The second kappa shape index (κ2) is 8.68. The molecule has 1 aliphatic rings. The van der Waals surface area contributed by atoms with Crippen molar-refractivity contribution in [2.24, 2.45) is 14.1 Å². The molecule has 0 unspecified atom stereocenters. The van der Waals surface area contributed by atoms with E-state index >= 15 is 0 Å². The number of anilines is 1. The summed E-state index contributed by atoms with van der Waals surface area (Å²) in [6.45, 7) is 0. The number of Topliss-reactive ketones (excluding diaryl/α,β-unsaturated/α-hetero) is 1. The normalized spacial score (nSPS) is 15.9. The van der Waals surface area contributed by atoms with Crippen molar-refractivity contribution in [2.45, 2.75) is 24.3 Å². The maximum atomic E-state index is 13.7. The van der Waals surface area contributed by atoms with Crippen molar-refractivity contribution >= 4 is 46.5 Å². The number of hydrogen-bond acceptors (Lipinski definition) is 5. The van der Waals surface area contributed by atoms with Gasteiger partial charge in [0.25, 0.3) is 23.5 Å². The predicted molar refractivity (Wildman–Crippen MR) is 119 cm³/mol. The van der Waals surface area contributed by atoms with Crippen molar-refractivity contribution in [3.63, 3.8) is 0 Å². The van der Waals surface area contributed by atoms with Gasteiger partial charge in [0, 0.05) is 38.8 Å². The number of halogens is 5. The summed E-state index contributed by atoms with van der Waals surface area (Å²) >= 11 is 12.0. The maximum Gasteiger partial charge on any atom is 0.293 e. The van der Waals surface area contributed by atoms with Gasteiger partial charge >= 0.3 is 0 Å². The first kappa shape index (κ1) is 24.7. The van der Waals surface area contributed by atoms with Crippen molar-refractivity contribution in [1.29, 1.82) is 0 Å². The molecule has 14 heteroatoms. The van der Waals surface area contributed by atoms with Crippen LogP contribution in [0, 0.1) is 5.82 Å². The van der Waals surface area contributed by atoms with Crippen LogP contribution in [-0.2, 0) is 24.4 Å². The zero-order chi connectivity index (χ0) is 25.7. The number of rotatable bonds is 6. The molecule has 2 amide bonds. The fourth-order valence-electron chi connectivity index (χ4n) is 3.91. The standard InChI is InChI=1S/C21H17Cl2F3N6O3/c1-31-7-11(15(23)16(31)18(34)28-10-3-4-13(24)12(22)5-10)17(33)19(35)29-20(8-21(25,26)9-20)14-6-27-32(2)30-14/h3-7H,8-9H2,1-2H3,(H,28,34)(H,29,35). The van der Waals surface area contributed by atoms with Crippen LogP contribution in [0.3, 0.4) is 0 Å². The van der Waals surface area contributed by atoms with Crippen LogP contribution in [-0.4, -0.2) is 43.1 Å². The molecule has 2 heterocycles. The minimum Gasteiger partial charge on any atom is -0.345 e. The average Bonchev–Trinajstić information content (AvgIpc) is 3.31. The van der Waals surface area contributed by atoms with Crippen molar-refractivity contribution in [3.05, 3.63) is 63.4 Å². The van der Waals surface area contributed by atoms with Crippen LogP contribution in [0.1, 0.15) is 39.4 Å². The number of aryl methyl sites for hydroxylation is 2. The first-order valence-corrected chi connectivity index (χ1v) is 10.8. The molecule has 1 aromatic carbocycles. The Kier molecular flexibility index (Phi) is 6.14. The van der Waals surface area contributed by atoms with E-state index in [1.54, 1.807) is 0 Å². The van der Waals surface area contributed by atoms with E-state index in [1.165, 1.54) is 43.2 Å². The third-order valence-electron chi connectivity index (χ3n) is 5.53. The van der Waals surface area contributed by atoms with E-state index in [9.17, 15) is 27.6 Å². The number of carbonyl (C=O) groups is 3. The number of nitrogens with one attached hydrogen (secondary N) is 2. The first-order valence-electron chi connectivity index (χ1n) is 10.0. The fraction of sp³-hybridized carbons (Fsp3) is 0.286. The van der Waals surface area contributed by atoms with Crippen LogP contribution in [0.15, 0.2) is 30.6 Å². The quantitative estimate of drug-likeness (QED) is 0.376. The number of benzene rings is 1. The van der Waals surface area contributed by atoms with E-state index in [4.69, 9.17) is 23.2 Å². The van der Waals surface area contributed by atoms with Crippen molar-refractivity contribution in [2.75, 3.05) is 5.32 Å². The maximum absolute atomic E-state index is 13.7. The second-order valence-corrected chi connectivity index (χ2v) is 8.98. The highest BCUT2D eigenvalue weighted by atomic mass is 35.5. The summed E-state index contributed by atoms with van der Waals surface area (Å²) in [5.74, 6) is -6.81. The fourth-order valence-corrected chi connectivity index (χ4v) is 4.44. The molecule has 2 aromatic heterocycles. The number of nitrogens with zero attached hydrogens (tertiary/aromatic N) is 4. The third-order valence-corrected chi connectivity index (χ3v) is 6.20. The molecular weight excluding hydrogens is 512 g/mol. The lowest BCUT2D eigenvalue weighted by molar-refractivity contribution is -0.148. The highest BCUT2D eigenvalue weighted by Crippen LogP contribution is 2.51. The van der Waals surface area contributed by atoms with E-state index < -0.39 is 47.7 Å². The first-order chi connectivity index (χ1) is 16.3. The molecule has 0 radical (unpaired) electrons. The van der Waals surface area contributed by atoms with E-state index in [0.717, 1.165) is 10.9 Å². The van der Waals surface area contributed by atoms with E-state index in [2.05, 4.69) is 20.8 Å². The Bertz CT molecular complexity index is 1360. The Hall–Kier alpha value is -3.38. The summed E-state index contributed by atoms with van der Waals surface area (Å²) in [7, 11) is 2.90. The Balaban J connectivity index is 1.56. The van der Waals surface area contributed by atoms with Crippen molar-refractivity contribution in [3.8, 4) is 0 Å². The minimum absolute atomic E-state index is 0.0873.